The Hall–Kier alpha value is -2.13. The van der Waals surface area contributed by atoms with Crippen LogP contribution in [0.1, 0.15) is 0 Å². The minimum atomic E-state index is 0.254. The topological polar surface area (TPSA) is 37.8 Å². The molecule has 0 atom stereocenters. The van der Waals surface area contributed by atoms with Gasteiger partial charge in [0.15, 0.2) is 0 Å². The fraction of sp³-hybridized carbons (Fsp3) is 0.0667. The van der Waals surface area contributed by atoms with Gasteiger partial charge in [0.25, 0.3) is 0 Å². The van der Waals surface area contributed by atoms with Crippen LogP contribution in [0.3, 0.4) is 0 Å². The van der Waals surface area contributed by atoms with Gasteiger partial charge in [-0.05, 0) is 34.9 Å². The molecule has 0 bridgehead atoms. The minimum Gasteiger partial charge on any atom is -0.372 e. The summed E-state index contributed by atoms with van der Waals surface area (Å²) in [5.41, 5.74) is 3.14. The highest BCUT2D eigenvalue weighted by molar-refractivity contribution is 6.28. The van der Waals surface area contributed by atoms with Crippen LogP contribution in [0.25, 0.3) is 22.0 Å². The van der Waals surface area contributed by atoms with Crippen LogP contribution in [0.2, 0.25) is 5.28 Å². The number of hydrogen-bond acceptors (Lipinski definition) is 3. The second kappa shape index (κ2) is 4.86. The van der Waals surface area contributed by atoms with Gasteiger partial charge < -0.3 is 5.32 Å². The zero-order valence-electron chi connectivity index (χ0n) is 10.4. The molecule has 0 saturated heterocycles. The number of benzene rings is 2. The summed E-state index contributed by atoms with van der Waals surface area (Å²) in [6.07, 6.45) is 0. The SMILES string of the molecule is CNc1nc(Cl)nc2ccc(-c3ccccc3)cc12. The van der Waals surface area contributed by atoms with Crippen LogP contribution >= 0.6 is 11.6 Å². The van der Waals surface area contributed by atoms with E-state index in [1.807, 2.05) is 37.4 Å². The summed E-state index contributed by atoms with van der Waals surface area (Å²) in [5.74, 6) is 0.743. The van der Waals surface area contributed by atoms with Crippen molar-refractivity contribution in [1.82, 2.24) is 9.97 Å². The second-order valence-corrected chi connectivity index (χ2v) is 4.53. The Morgan fingerprint density at radius 1 is 0.947 bits per heavy atom. The summed E-state index contributed by atoms with van der Waals surface area (Å²) in [6, 6.07) is 16.3. The summed E-state index contributed by atoms with van der Waals surface area (Å²) in [5, 5.41) is 4.27. The zero-order valence-corrected chi connectivity index (χ0v) is 11.1. The van der Waals surface area contributed by atoms with Crippen molar-refractivity contribution in [1.29, 1.82) is 0 Å². The van der Waals surface area contributed by atoms with E-state index < -0.39 is 0 Å². The quantitative estimate of drug-likeness (QED) is 0.715. The van der Waals surface area contributed by atoms with Crippen molar-refractivity contribution < 1.29 is 0 Å². The lowest BCUT2D eigenvalue weighted by Crippen LogP contribution is -1.96. The highest BCUT2D eigenvalue weighted by atomic mass is 35.5. The highest BCUT2D eigenvalue weighted by Gasteiger charge is 2.07. The zero-order chi connectivity index (χ0) is 13.2. The van der Waals surface area contributed by atoms with Crippen LogP contribution < -0.4 is 5.32 Å². The molecule has 0 radical (unpaired) electrons. The van der Waals surface area contributed by atoms with E-state index in [-0.39, 0.29) is 5.28 Å². The number of halogens is 1. The smallest absolute Gasteiger partial charge is 0.224 e. The van der Waals surface area contributed by atoms with Crippen LogP contribution in [-0.4, -0.2) is 17.0 Å². The number of rotatable bonds is 2. The first-order chi connectivity index (χ1) is 9.28. The standard InChI is InChI=1S/C15H12ClN3/c1-17-14-12-9-11(10-5-3-2-4-6-10)7-8-13(12)18-15(16)19-14/h2-9H,1H3,(H,17,18,19). The van der Waals surface area contributed by atoms with Gasteiger partial charge in [-0.15, -0.1) is 0 Å². The van der Waals surface area contributed by atoms with Crippen LogP contribution in [0.15, 0.2) is 48.5 Å². The van der Waals surface area contributed by atoms with Gasteiger partial charge in [-0.3, -0.25) is 0 Å². The number of hydrogen-bond donors (Lipinski definition) is 1. The van der Waals surface area contributed by atoms with E-state index in [0.717, 1.165) is 22.3 Å². The molecule has 0 unspecified atom stereocenters. The van der Waals surface area contributed by atoms with Gasteiger partial charge in [0.1, 0.15) is 5.82 Å². The molecule has 0 fully saturated rings. The molecule has 3 nitrogen and oxygen atoms in total. The highest BCUT2D eigenvalue weighted by Crippen LogP contribution is 2.27. The van der Waals surface area contributed by atoms with Crippen molar-refractivity contribution >= 4 is 28.3 Å². The number of nitrogens with zero attached hydrogens (tertiary/aromatic N) is 2. The summed E-state index contributed by atoms with van der Waals surface area (Å²) < 4.78 is 0. The molecule has 1 N–H and O–H groups in total. The lowest BCUT2D eigenvalue weighted by molar-refractivity contribution is 1.21. The Kier molecular flexibility index (Phi) is 3.05. The van der Waals surface area contributed by atoms with E-state index in [4.69, 9.17) is 11.6 Å². The Balaban J connectivity index is 2.23. The van der Waals surface area contributed by atoms with E-state index in [0.29, 0.717) is 0 Å². The molecule has 1 heterocycles. The van der Waals surface area contributed by atoms with Crippen molar-refractivity contribution in [3.05, 3.63) is 53.8 Å². The molecule has 4 heteroatoms. The van der Waals surface area contributed by atoms with Gasteiger partial charge >= 0.3 is 0 Å². The second-order valence-electron chi connectivity index (χ2n) is 4.19. The van der Waals surface area contributed by atoms with Crippen molar-refractivity contribution in [2.45, 2.75) is 0 Å². The van der Waals surface area contributed by atoms with E-state index in [1.54, 1.807) is 0 Å². The van der Waals surface area contributed by atoms with Crippen LogP contribution in [-0.2, 0) is 0 Å². The van der Waals surface area contributed by atoms with E-state index in [9.17, 15) is 0 Å². The third-order valence-electron chi connectivity index (χ3n) is 3.01. The molecule has 0 spiro atoms. The van der Waals surface area contributed by atoms with Crippen molar-refractivity contribution in [2.75, 3.05) is 12.4 Å². The molecule has 3 rings (SSSR count). The number of nitrogens with one attached hydrogen (secondary N) is 1. The Morgan fingerprint density at radius 2 is 1.74 bits per heavy atom. The predicted molar refractivity (Wildman–Crippen MR) is 79.5 cm³/mol. The lowest BCUT2D eigenvalue weighted by atomic mass is 10.0. The summed E-state index contributed by atoms with van der Waals surface area (Å²) in [4.78, 5) is 8.43. The fourth-order valence-electron chi connectivity index (χ4n) is 2.10. The lowest BCUT2D eigenvalue weighted by Gasteiger charge is -2.07. The van der Waals surface area contributed by atoms with Gasteiger partial charge in [-0.2, -0.15) is 0 Å². The van der Waals surface area contributed by atoms with E-state index in [1.165, 1.54) is 5.56 Å². The molecular weight excluding hydrogens is 258 g/mol. The van der Waals surface area contributed by atoms with Crippen molar-refractivity contribution in [3.63, 3.8) is 0 Å². The molecule has 3 aromatic rings. The maximum absolute atomic E-state index is 5.90. The van der Waals surface area contributed by atoms with Gasteiger partial charge in [-0.25, -0.2) is 9.97 Å². The average Bonchev–Trinajstić information content (AvgIpc) is 2.46. The molecule has 1 aromatic heterocycles. The average molecular weight is 270 g/mol. The first kappa shape index (κ1) is 11.9. The number of aromatic nitrogens is 2. The van der Waals surface area contributed by atoms with E-state index >= 15 is 0 Å². The van der Waals surface area contributed by atoms with Crippen LogP contribution in [0.4, 0.5) is 5.82 Å². The number of fused-ring (bicyclic) bond motifs is 1. The molecule has 0 saturated carbocycles. The van der Waals surface area contributed by atoms with Crippen LogP contribution in [0, 0.1) is 0 Å². The maximum Gasteiger partial charge on any atom is 0.224 e. The van der Waals surface area contributed by atoms with Gasteiger partial charge in [0.2, 0.25) is 5.28 Å². The first-order valence-electron chi connectivity index (χ1n) is 5.98. The normalized spacial score (nSPS) is 10.6. The third-order valence-corrected chi connectivity index (χ3v) is 3.18. The molecule has 0 aliphatic heterocycles. The van der Waals surface area contributed by atoms with E-state index in [2.05, 4.69) is 33.5 Å². The minimum absolute atomic E-state index is 0.254. The Morgan fingerprint density at radius 3 is 2.47 bits per heavy atom. The fourth-order valence-corrected chi connectivity index (χ4v) is 2.28. The third kappa shape index (κ3) is 2.25. The monoisotopic (exact) mass is 269 g/mol. The molecule has 94 valence electrons. The summed E-state index contributed by atoms with van der Waals surface area (Å²) in [7, 11) is 1.83. The molecule has 0 amide bonds. The predicted octanol–water partition coefficient (Wildman–Crippen LogP) is 3.99. The Bertz CT molecular complexity index is 726. The maximum atomic E-state index is 5.90. The Labute approximate surface area is 116 Å². The first-order valence-corrected chi connectivity index (χ1v) is 6.36. The molecule has 2 aromatic carbocycles. The molecule has 0 aliphatic carbocycles. The summed E-state index contributed by atoms with van der Waals surface area (Å²) in [6.45, 7) is 0. The van der Waals surface area contributed by atoms with Crippen molar-refractivity contribution in [2.24, 2.45) is 0 Å². The molecule has 0 aliphatic rings. The number of anilines is 1. The van der Waals surface area contributed by atoms with Gasteiger partial charge in [0, 0.05) is 12.4 Å². The molecular formula is C15H12ClN3. The van der Waals surface area contributed by atoms with Crippen molar-refractivity contribution in [3.8, 4) is 11.1 Å². The largest absolute Gasteiger partial charge is 0.372 e. The summed E-state index contributed by atoms with van der Waals surface area (Å²) >= 11 is 5.90. The van der Waals surface area contributed by atoms with Crippen LogP contribution in [0.5, 0.6) is 0 Å². The van der Waals surface area contributed by atoms with Gasteiger partial charge in [0.05, 0.1) is 5.52 Å². The van der Waals surface area contributed by atoms with Gasteiger partial charge in [-0.1, -0.05) is 36.4 Å². The molecule has 19 heavy (non-hydrogen) atoms.